The van der Waals surface area contributed by atoms with Crippen molar-refractivity contribution in [2.45, 2.75) is 6.04 Å². The van der Waals surface area contributed by atoms with Crippen LogP contribution >= 0.6 is 11.6 Å². The molecule has 1 atom stereocenters. The lowest BCUT2D eigenvalue weighted by Gasteiger charge is -2.35. The maximum atomic E-state index is 11.4. The molecule has 3 rings (SSSR count). The van der Waals surface area contributed by atoms with Crippen molar-refractivity contribution in [3.05, 3.63) is 29.3 Å². The van der Waals surface area contributed by atoms with Crippen molar-refractivity contribution in [1.29, 1.82) is 0 Å². The zero-order valence-electron chi connectivity index (χ0n) is 11.1. The zero-order valence-corrected chi connectivity index (χ0v) is 11.9. The van der Waals surface area contributed by atoms with Crippen LogP contribution in [0, 0.1) is 0 Å². The van der Waals surface area contributed by atoms with Crippen LogP contribution in [-0.2, 0) is 4.74 Å². The Balaban J connectivity index is 1.43. The molecule has 1 aromatic carbocycles. The molecule has 1 unspecified atom stereocenters. The standard InChI is InChI=1S/C14H17ClN2O3/c15-11-1-3-13(4-2-11)19-8-7-16-5-6-17-12(9-16)10-20-14(17)18/h1-4,12H,5-10H2. The molecule has 108 valence electrons. The summed E-state index contributed by atoms with van der Waals surface area (Å²) < 4.78 is 10.7. The quantitative estimate of drug-likeness (QED) is 0.850. The van der Waals surface area contributed by atoms with Crippen molar-refractivity contribution in [2.75, 3.05) is 39.4 Å². The van der Waals surface area contributed by atoms with Crippen molar-refractivity contribution in [3.63, 3.8) is 0 Å². The van der Waals surface area contributed by atoms with Crippen molar-refractivity contribution >= 4 is 17.7 Å². The number of ether oxygens (including phenoxy) is 2. The van der Waals surface area contributed by atoms with E-state index in [9.17, 15) is 4.79 Å². The minimum absolute atomic E-state index is 0.174. The summed E-state index contributed by atoms with van der Waals surface area (Å²) in [6.07, 6.45) is -0.174. The maximum absolute atomic E-state index is 11.4. The molecule has 2 saturated heterocycles. The second-order valence-electron chi connectivity index (χ2n) is 5.03. The minimum Gasteiger partial charge on any atom is -0.492 e. The van der Waals surface area contributed by atoms with Crippen molar-refractivity contribution in [1.82, 2.24) is 9.80 Å². The average Bonchev–Trinajstić information content (AvgIpc) is 2.82. The van der Waals surface area contributed by atoms with E-state index in [4.69, 9.17) is 21.1 Å². The Kier molecular flexibility index (Phi) is 3.98. The van der Waals surface area contributed by atoms with E-state index in [0.29, 0.717) is 18.2 Å². The van der Waals surface area contributed by atoms with Crippen LogP contribution in [0.25, 0.3) is 0 Å². The molecule has 2 aliphatic rings. The predicted molar refractivity (Wildman–Crippen MR) is 75.2 cm³/mol. The van der Waals surface area contributed by atoms with Gasteiger partial charge in [-0.15, -0.1) is 0 Å². The smallest absolute Gasteiger partial charge is 0.410 e. The minimum atomic E-state index is -0.174. The fourth-order valence-corrected chi connectivity index (χ4v) is 2.71. The highest BCUT2D eigenvalue weighted by atomic mass is 35.5. The first kappa shape index (κ1) is 13.5. The van der Waals surface area contributed by atoms with E-state index in [1.165, 1.54) is 0 Å². The number of carbonyl (C=O) groups is 1. The summed E-state index contributed by atoms with van der Waals surface area (Å²) in [7, 11) is 0. The maximum Gasteiger partial charge on any atom is 0.410 e. The van der Waals surface area contributed by atoms with Gasteiger partial charge in [-0.3, -0.25) is 9.80 Å². The lowest BCUT2D eigenvalue weighted by Crippen LogP contribution is -2.52. The number of nitrogens with zero attached hydrogens (tertiary/aromatic N) is 2. The highest BCUT2D eigenvalue weighted by Gasteiger charge is 2.37. The third-order valence-corrected chi connectivity index (χ3v) is 3.94. The number of hydrogen-bond donors (Lipinski definition) is 0. The molecule has 20 heavy (non-hydrogen) atoms. The molecule has 1 aromatic rings. The van der Waals surface area contributed by atoms with Crippen molar-refractivity contribution in [2.24, 2.45) is 0 Å². The van der Waals surface area contributed by atoms with E-state index in [2.05, 4.69) is 4.90 Å². The Labute approximate surface area is 123 Å². The topological polar surface area (TPSA) is 42.0 Å². The average molecular weight is 297 g/mol. The molecule has 2 fully saturated rings. The SMILES string of the molecule is O=C1OCC2CN(CCOc3ccc(Cl)cc3)CCN12. The van der Waals surface area contributed by atoms with E-state index in [0.717, 1.165) is 31.9 Å². The van der Waals surface area contributed by atoms with Gasteiger partial charge in [-0.05, 0) is 24.3 Å². The number of fused-ring (bicyclic) bond motifs is 1. The van der Waals surface area contributed by atoms with Gasteiger partial charge in [0.1, 0.15) is 19.0 Å². The first-order chi connectivity index (χ1) is 9.72. The molecule has 0 aromatic heterocycles. The van der Waals surface area contributed by atoms with Gasteiger partial charge >= 0.3 is 6.09 Å². The van der Waals surface area contributed by atoms with Crippen molar-refractivity contribution in [3.8, 4) is 5.75 Å². The Hall–Kier alpha value is -1.46. The second-order valence-corrected chi connectivity index (χ2v) is 5.46. The molecule has 2 heterocycles. The Morgan fingerprint density at radius 1 is 1.30 bits per heavy atom. The monoisotopic (exact) mass is 296 g/mol. The highest BCUT2D eigenvalue weighted by molar-refractivity contribution is 6.30. The van der Waals surface area contributed by atoms with Crippen molar-refractivity contribution < 1.29 is 14.3 Å². The molecule has 0 radical (unpaired) electrons. The molecule has 0 spiro atoms. The van der Waals surface area contributed by atoms with E-state index in [-0.39, 0.29) is 12.1 Å². The van der Waals surface area contributed by atoms with E-state index in [1.807, 2.05) is 29.2 Å². The van der Waals surface area contributed by atoms with Gasteiger partial charge in [0.25, 0.3) is 0 Å². The van der Waals surface area contributed by atoms with E-state index >= 15 is 0 Å². The summed E-state index contributed by atoms with van der Waals surface area (Å²) in [5.74, 6) is 0.826. The second kappa shape index (κ2) is 5.89. The fourth-order valence-electron chi connectivity index (χ4n) is 2.58. The molecule has 2 aliphatic heterocycles. The summed E-state index contributed by atoms with van der Waals surface area (Å²) in [5, 5.41) is 0.708. The summed E-state index contributed by atoms with van der Waals surface area (Å²) >= 11 is 5.82. The number of cyclic esters (lactones) is 1. The zero-order chi connectivity index (χ0) is 13.9. The number of piperazine rings is 1. The summed E-state index contributed by atoms with van der Waals surface area (Å²) in [6, 6.07) is 7.56. The van der Waals surface area contributed by atoms with Gasteiger partial charge in [0.2, 0.25) is 0 Å². The predicted octanol–water partition coefficient (Wildman–Crippen LogP) is 1.86. The number of halogens is 1. The van der Waals surface area contributed by atoms with Gasteiger partial charge < -0.3 is 9.47 Å². The van der Waals surface area contributed by atoms with Crippen LogP contribution in [0.5, 0.6) is 5.75 Å². The Morgan fingerprint density at radius 3 is 2.90 bits per heavy atom. The Bertz CT molecular complexity index is 480. The highest BCUT2D eigenvalue weighted by Crippen LogP contribution is 2.18. The van der Waals surface area contributed by atoms with Crippen LogP contribution in [-0.4, -0.2) is 61.3 Å². The van der Waals surface area contributed by atoms with Crippen LogP contribution in [0.4, 0.5) is 4.79 Å². The number of benzene rings is 1. The summed E-state index contributed by atoms with van der Waals surface area (Å²) in [5.41, 5.74) is 0. The lowest BCUT2D eigenvalue weighted by atomic mass is 10.2. The van der Waals surface area contributed by atoms with Gasteiger partial charge in [0.15, 0.2) is 0 Å². The number of carbonyl (C=O) groups excluding carboxylic acids is 1. The van der Waals surface area contributed by atoms with Gasteiger partial charge in [-0.25, -0.2) is 4.79 Å². The van der Waals surface area contributed by atoms with Crippen LogP contribution in [0.15, 0.2) is 24.3 Å². The number of hydrogen-bond acceptors (Lipinski definition) is 4. The van der Waals surface area contributed by atoms with Gasteiger partial charge in [0, 0.05) is 31.2 Å². The lowest BCUT2D eigenvalue weighted by molar-refractivity contribution is 0.108. The van der Waals surface area contributed by atoms with Crippen LogP contribution in [0.2, 0.25) is 5.02 Å². The number of rotatable bonds is 4. The van der Waals surface area contributed by atoms with Gasteiger partial charge in [0.05, 0.1) is 6.04 Å². The summed E-state index contributed by atoms with van der Waals surface area (Å²) in [6.45, 7) is 4.45. The number of amides is 1. The van der Waals surface area contributed by atoms with E-state index < -0.39 is 0 Å². The Morgan fingerprint density at radius 2 is 2.10 bits per heavy atom. The molecule has 0 N–H and O–H groups in total. The third-order valence-electron chi connectivity index (χ3n) is 3.69. The largest absolute Gasteiger partial charge is 0.492 e. The molecule has 5 nitrogen and oxygen atoms in total. The summed E-state index contributed by atoms with van der Waals surface area (Å²) in [4.78, 5) is 15.5. The van der Waals surface area contributed by atoms with E-state index in [1.54, 1.807) is 0 Å². The molecular weight excluding hydrogens is 280 g/mol. The first-order valence-electron chi connectivity index (χ1n) is 6.76. The molecule has 1 amide bonds. The fraction of sp³-hybridized carbons (Fsp3) is 0.500. The first-order valence-corrected chi connectivity index (χ1v) is 7.14. The molecule has 6 heteroatoms. The van der Waals surface area contributed by atoms with Gasteiger partial charge in [-0.1, -0.05) is 11.6 Å². The molecule has 0 aliphatic carbocycles. The van der Waals surface area contributed by atoms with Crippen LogP contribution < -0.4 is 4.74 Å². The normalized spacial score (nSPS) is 22.6. The van der Waals surface area contributed by atoms with Crippen LogP contribution in [0.1, 0.15) is 0 Å². The molecule has 0 saturated carbocycles. The molecular formula is C14H17ClN2O3. The molecule has 0 bridgehead atoms. The van der Waals surface area contributed by atoms with Gasteiger partial charge in [-0.2, -0.15) is 0 Å². The third kappa shape index (κ3) is 2.99. The van der Waals surface area contributed by atoms with Crippen LogP contribution in [0.3, 0.4) is 0 Å².